The van der Waals surface area contributed by atoms with Gasteiger partial charge in [0.25, 0.3) is 0 Å². The van der Waals surface area contributed by atoms with Crippen molar-refractivity contribution in [3.05, 3.63) is 41.3 Å². The molecule has 5 heteroatoms. The fraction of sp³-hybridized carbons (Fsp3) is 0.0909. The molecule has 0 unspecified atom stereocenters. The Morgan fingerprint density at radius 3 is 2.88 bits per heavy atom. The van der Waals surface area contributed by atoms with E-state index in [2.05, 4.69) is 5.10 Å². The van der Waals surface area contributed by atoms with Crippen molar-refractivity contribution in [3.63, 3.8) is 0 Å². The Kier molecular flexibility index (Phi) is 2.33. The number of halogens is 1. The topological polar surface area (TPSA) is 67.6 Å². The summed E-state index contributed by atoms with van der Waals surface area (Å²) in [7, 11) is 0. The SMILES string of the molecule is Cc1ccc(F)cc1-n1ncc(C#N)c1N. The molecule has 16 heavy (non-hydrogen) atoms. The third-order valence-electron chi connectivity index (χ3n) is 2.33. The van der Waals surface area contributed by atoms with Gasteiger partial charge in [0.1, 0.15) is 23.3 Å². The zero-order chi connectivity index (χ0) is 11.7. The summed E-state index contributed by atoms with van der Waals surface area (Å²) in [5, 5.41) is 12.7. The van der Waals surface area contributed by atoms with Gasteiger partial charge in [0.15, 0.2) is 0 Å². The van der Waals surface area contributed by atoms with Crippen LogP contribution >= 0.6 is 0 Å². The van der Waals surface area contributed by atoms with Gasteiger partial charge in [-0.3, -0.25) is 0 Å². The summed E-state index contributed by atoms with van der Waals surface area (Å²) < 4.78 is 14.5. The third-order valence-corrected chi connectivity index (χ3v) is 2.33. The number of anilines is 1. The third kappa shape index (κ3) is 1.50. The Balaban J connectivity index is 2.64. The zero-order valence-electron chi connectivity index (χ0n) is 8.61. The van der Waals surface area contributed by atoms with Gasteiger partial charge < -0.3 is 5.73 Å². The number of hydrogen-bond donors (Lipinski definition) is 1. The molecule has 80 valence electrons. The number of rotatable bonds is 1. The molecule has 0 aliphatic heterocycles. The fourth-order valence-corrected chi connectivity index (χ4v) is 1.45. The number of nitriles is 1. The average Bonchev–Trinajstić information content (AvgIpc) is 2.63. The normalized spacial score (nSPS) is 10.1. The van der Waals surface area contributed by atoms with Crippen molar-refractivity contribution in [3.8, 4) is 11.8 Å². The van der Waals surface area contributed by atoms with Gasteiger partial charge in [0.2, 0.25) is 0 Å². The molecule has 0 bridgehead atoms. The van der Waals surface area contributed by atoms with Crippen molar-refractivity contribution in [1.82, 2.24) is 9.78 Å². The first kappa shape index (κ1) is 10.2. The number of aryl methyl sites for hydroxylation is 1. The van der Waals surface area contributed by atoms with Gasteiger partial charge >= 0.3 is 0 Å². The van der Waals surface area contributed by atoms with Crippen LogP contribution in [0.4, 0.5) is 10.2 Å². The number of nitrogens with zero attached hydrogens (tertiary/aromatic N) is 3. The van der Waals surface area contributed by atoms with Gasteiger partial charge in [-0.1, -0.05) is 6.07 Å². The molecule has 1 heterocycles. The molecule has 2 rings (SSSR count). The van der Waals surface area contributed by atoms with E-state index in [4.69, 9.17) is 11.0 Å². The lowest BCUT2D eigenvalue weighted by Crippen LogP contribution is -2.04. The van der Waals surface area contributed by atoms with E-state index in [1.54, 1.807) is 6.07 Å². The van der Waals surface area contributed by atoms with Gasteiger partial charge in [-0.05, 0) is 24.6 Å². The van der Waals surface area contributed by atoms with Crippen LogP contribution in [-0.2, 0) is 0 Å². The highest BCUT2D eigenvalue weighted by atomic mass is 19.1. The Hall–Kier alpha value is -2.35. The average molecular weight is 216 g/mol. The molecule has 0 saturated heterocycles. The quantitative estimate of drug-likeness (QED) is 0.789. The highest BCUT2D eigenvalue weighted by molar-refractivity contribution is 5.54. The minimum absolute atomic E-state index is 0.219. The predicted octanol–water partition coefficient (Wildman–Crippen LogP) is 1.77. The van der Waals surface area contributed by atoms with Crippen molar-refractivity contribution in [2.24, 2.45) is 0 Å². The van der Waals surface area contributed by atoms with Crippen LogP contribution in [0.2, 0.25) is 0 Å². The molecule has 0 radical (unpaired) electrons. The van der Waals surface area contributed by atoms with Crippen LogP contribution in [0.3, 0.4) is 0 Å². The molecule has 0 amide bonds. The van der Waals surface area contributed by atoms with E-state index < -0.39 is 0 Å². The Labute approximate surface area is 91.7 Å². The maximum atomic E-state index is 13.1. The molecule has 0 fully saturated rings. The Morgan fingerprint density at radius 1 is 1.50 bits per heavy atom. The van der Waals surface area contributed by atoms with Crippen molar-refractivity contribution in [2.75, 3.05) is 5.73 Å². The van der Waals surface area contributed by atoms with E-state index >= 15 is 0 Å². The number of aromatic nitrogens is 2. The van der Waals surface area contributed by atoms with Gasteiger partial charge in [-0.25, -0.2) is 9.07 Å². The molecule has 0 saturated carbocycles. The highest BCUT2D eigenvalue weighted by Gasteiger charge is 2.10. The lowest BCUT2D eigenvalue weighted by molar-refractivity contribution is 0.625. The smallest absolute Gasteiger partial charge is 0.145 e. The van der Waals surface area contributed by atoms with Crippen LogP contribution in [0.25, 0.3) is 5.69 Å². The van der Waals surface area contributed by atoms with E-state index in [9.17, 15) is 4.39 Å². The molecule has 4 nitrogen and oxygen atoms in total. The number of nitrogen functional groups attached to an aromatic ring is 1. The first-order chi connectivity index (χ1) is 7.63. The molecule has 0 atom stereocenters. The number of hydrogen-bond acceptors (Lipinski definition) is 3. The van der Waals surface area contributed by atoms with Crippen LogP contribution in [0, 0.1) is 24.1 Å². The number of benzene rings is 1. The predicted molar refractivity (Wildman–Crippen MR) is 57.4 cm³/mol. The van der Waals surface area contributed by atoms with Crippen molar-refractivity contribution in [1.29, 1.82) is 5.26 Å². The van der Waals surface area contributed by atoms with Crippen LogP contribution < -0.4 is 5.73 Å². The van der Waals surface area contributed by atoms with E-state index in [0.717, 1.165) is 5.56 Å². The maximum absolute atomic E-state index is 13.1. The molecular weight excluding hydrogens is 207 g/mol. The molecule has 2 aromatic rings. The second kappa shape index (κ2) is 3.66. The summed E-state index contributed by atoms with van der Waals surface area (Å²) >= 11 is 0. The lowest BCUT2D eigenvalue weighted by Gasteiger charge is -2.07. The molecule has 2 N–H and O–H groups in total. The first-order valence-corrected chi connectivity index (χ1v) is 4.63. The van der Waals surface area contributed by atoms with Gasteiger partial charge in [-0.15, -0.1) is 0 Å². The van der Waals surface area contributed by atoms with Crippen LogP contribution in [0.15, 0.2) is 24.4 Å². The fourth-order valence-electron chi connectivity index (χ4n) is 1.45. The summed E-state index contributed by atoms with van der Waals surface area (Å²) in [6.07, 6.45) is 1.36. The first-order valence-electron chi connectivity index (χ1n) is 4.63. The molecule has 1 aromatic carbocycles. The monoisotopic (exact) mass is 216 g/mol. The van der Waals surface area contributed by atoms with Gasteiger partial charge in [-0.2, -0.15) is 10.4 Å². The van der Waals surface area contributed by atoms with Crippen molar-refractivity contribution >= 4 is 5.82 Å². The summed E-state index contributed by atoms with van der Waals surface area (Å²) in [6.45, 7) is 1.82. The minimum Gasteiger partial charge on any atom is -0.382 e. The zero-order valence-corrected chi connectivity index (χ0v) is 8.61. The minimum atomic E-state index is -0.367. The van der Waals surface area contributed by atoms with E-state index in [1.807, 2.05) is 13.0 Å². The number of nitrogens with two attached hydrogens (primary N) is 1. The summed E-state index contributed by atoms with van der Waals surface area (Å²) in [5.74, 6) is -0.148. The molecular formula is C11H9FN4. The summed E-state index contributed by atoms with van der Waals surface area (Å²) in [4.78, 5) is 0. The second-order valence-corrected chi connectivity index (χ2v) is 3.40. The Bertz CT molecular complexity index is 580. The summed E-state index contributed by atoms with van der Waals surface area (Å²) in [6, 6.07) is 6.25. The van der Waals surface area contributed by atoms with Gasteiger partial charge in [0, 0.05) is 0 Å². The second-order valence-electron chi connectivity index (χ2n) is 3.40. The standard InChI is InChI=1S/C11H9FN4/c1-7-2-3-9(12)4-10(7)16-11(14)8(5-13)6-15-16/h2-4,6H,14H2,1H3. The maximum Gasteiger partial charge on any atom is 0.145 e. The van der Waals surface area contributed by atoms with Crippen LogP contribution in [-0.4, -0.2) is 9.78 Å². The van der Waals surface area contributed by atoms with Gasteiger partial charge in [0.05, 0.1) is 11.9 Å². The van der Waals surface area contributed by atoms with Crippen LogP contribution in [0.5, 0.6) is 0 Å². The highest BCUT2D eigenvalue weighted by Crippen LogP contribution is 2.20. The Morgan fingerprint density at radius 2 is 2.25 bits per heavy atom. The molecule has 0 aliphatic rings. The molecule has 0 aliphatic carbocycles. The molecule has 1 aromatic heterocycles. The van der Waals surface area contributed by atoms with Crippen LogP contribution in [0.1, 0.15) is 11.1 Å². The van der Waals surface area contributed by atoms with E-state index in [-0.39, 0.29) is 17.2 Å². The summed E-state index contributed by atoms with van der Waals surface area (Å²) in [5.41, 5.74) is 7.38. The molecule has 0 spiro atoms. The van der Waals surface area contributed by atoms with Crippen molar-refractivity contribution < 1.29 is 4.39 Å². The largest absolute Gasteiger partial charge is 0.382 e. The van der Waals surface area contributed by atoms with E-state index in [1.165, 1.54) is 23.0 Å². The van der Waals surface area contributed by atoms with E-state index in [0.29, 0.717) is 5.69 Å². The van der Waals surface area contributed by atoms with Crippen molar-refractivity contribution in [2.45, 2.75) is 6.92 Å². The lowest BCUT2D eigenvalue weighted by atomic mass is 10.2.